The van der Waals surface area contributed by atoms with Gasteiger partial charge in [0.25, 0.3) is 5.91 Å². The predicted molar refractivity (Wildman–Crippen MR) is 140 cm³/mol. The number of anilines is 2. The van der Waals surface area contributed by atoms with Crippen LogP contribution < -0.4 is 14.9 Å². The molecule has 2 aromatic carbocycles. The van der Waals surface area contributed by atoms with Gasteiger partial charge in [-0.3, -0.25) is 4.79 Å². The molecule has 9 heteroatoms. The van der Waals surface area contributed by atoms with Gasteiger partial charge in [0.05, 0.1) is 22.3 Å². The first-order valence-electron chi connectivity index (χ1n) is 12.3. The predicted octanol–water partition coefficient (Wildman–Crippen LogP) is 5.05. The summed E-state index contributed by atoms with van der Waals surface area (Å²) >= 11 is 0. The molecule has 190 valence electrons. The number of carbonyl (C=O) groups is 1. The number of amides is 1. The van der Waals surface area contributed by atoms with Crippen molar-refractivity contribution in [2.75, 3.05) is 23.3 Å². The van der Waals surface area contributed by atoms with Crippen molar-refractivity contribution in [3.05, 3.63) is 60.5 Å². The van der Waals surface area contributed by atoms with Gasteiger partial charge in [-0.25, -0.2) is 18.1 Å². The first-order valence-corrected chi connectivity index (χ1v) is 13.8. The molecule has 0 unspecified atom stereocenters. The zero-order valence-corrected chi connectivity index (χ0v) is 21.7. The standard InChI is InChI=1S/C27H32N4O4S/c1-26(2,3)30-36(33,34)21-6-4-5-20(18-21)29-24(32)22-8-7-19(25-28-13-16-35-25)17-23(22)31-14-11-27(9-10-27)12-15-31/h4-8,13,16-18,30H,9-12,14-15H2,1-3H3,(H,29,32). The quantitative estimate of drug-likeness (QED) is 0.483. The lowest BCUT2D eigenvalue weighted by molar-refractivity contribution is 0.102. The van der Waals surface area contributed by atoms with Crippen LogP contribution in [0.15, 0.2) is 64.2 Å². The summed E-state index contributed by atoms with van der Waals surface area (Å²) < 4.78 is 33.7. The molecule has 1 saturated heterocycles. The molecule has 8 nitrogen and oxygen atoms in total. The second-order valence-electron chi connectivity index (χ2n) is 10.9. The van der Waals surface area contributed by atoms with Gasteiger partial charge in [-0.05, 0) is 88.3 Å². The van der Waals surface area contributed by atoms with Crippen molar-refractivity contribution in [2.24, 2.45) is 5.41 Å². The monoisotopic (exact) mass is 508 g/mol. The molecule has 5 rings (SSSR count). The Morgan fingerprint density at radius 1 is 1.06 bits per heavy atom. The van der Waals surface area contributed by atoms with Crippen LogP contribution in [0.3, 0.4) is 0 Å². The second kappa shape index (κ2) is 9.05. The minimum Gasteiger partial charge on any atom is -0.445 e. The summed E-state index contributed by atoms with van der Waals surface area (Å²) in [7, 11) is -3.73. The van der Waals surface area contributed by atoms with Gasteiger partial charge in [0.1, 0.15) is 6.26 Å². The van der Waals surface area contributed by atoms with Crippen molar-refractivity contribution in [2.45, 2.75) is 56.9 Å². The summed E-state index contributed by atoms with van der Waals surface area (Å²) in [4.78, 5) is 20.1. The molecule has 3 aromatic rings. The summed E-state index contributed by atoms with van der Waals surface area (Å²) in [6, 6.07) is 11.9. The molecule has 1 spiro atoms. The summed E-state index contributed by atoms with van der Waals surface area (Å²) in [6.45, 7) is 7.13. The third-order valence-electron chi connectivity index (χ3n) is 6.89. The first-order chi connectivity index (χ1) is 17.0. The molecular formula is C27H32N4O4S. The molecule has 2 fully saturated rings. The molecule has 1 saturated carbocycles. The molecular weight excluding hydrogens is 476 g/mol. The number of nitrogens with one attached hydrogen (secondary N) is 2. The number of hydrogen-bond acceptors (Lipinski definition) is 6. The van der Waals surface area contributed by atoms with Gasteiger partial charge in [-0.2, -0.15) is 0 Å². The number of carbonyl (C=O) groups excluding carboxylic acids is 1. The van der Waals surface area contributed by atoms with E-state index in [1.807, 2.05) is 12.1 Å². The fourth-order valence-corrected chi connectivity index (χ4v) is 6.25. The molecule has 0 radical (unpaired) electrons. The average Bonchev–Trinajstić information content (AvgIpc) is 3.34. The van der Waals surface area contributed by atoms with Gasteiger partial charge >= 0.3 is 0 Å². The van der Waals surface area contributed by atoms with Gasteiger partial charge in [0, 0.05) is 29.9 Å². The van der Waals surface area contributed by atoms with Crippen molar-refractivity contribution in [1.29, 1.82) is 0 Å². The summed E-state index contributed by atoms with van der Waals surface area (Å²) in [6.07, 6.45) is 7.98. The highest BCUT2D eigenvalue weighted by molar-refractivity contribution is 7.89. The molecule has 36 heavy (non-hydrogen) atoms. The SMILES string of the molecule is CC(C)(C)NS(=O)(=O)c1cccc(NC(=O)c2ccc(-c3ncco3)cc2N2CCC3(CC2)CC3)c1. The minimum atomic E-state index is -3.73. The zero-order valence-electron chi connectivity index (χ0n) is 20.9. The number of aromatic nitrogens is 1. The second-order valence-corrected chi connectivity index (χ2v) is 12.6. The van der Waals surface area contributed by atoms with Crippen LogP contribution in [-0.2, 0) is 10.0 Å². The smallest absolute Gasteiger partial charge is 0.257 e. The van der Waals surface area contributed by atoms with E-state index in [4.69, 9.17) is 4.42 Å². The van der Waals surface area contributed by atoms with E-state index in [1.54, 1.807) is 45.2 Å². The average molecular weight is 509 g/mol. The Morgan fingerprint density at radius 3 is 2.44 bits per heavy atom. The maximum atomic E-state index is 13.5. The van der Waals surface area contributed by atoms with Gasteiger partial charge < -0.3 is 14.6 Å². The zero-order chi connectivity index (χ0) is 25.6. The summed E-state index contributed by atoms with van der Waals surface area (Å²) in [5.41, 5.74) is 2.46. The molecule has 2 N–H and O–H groups in total. The normalized spacial score (nSPS) is 17.2. The molecule has 1 aliphatic carbocycles. The first kappa shape index (κ1) is 24.5. The molecule has 0 atom stereocenters. The fourth-order valence-electron chi connectivity index (χ4n) is 4.78. The molecule has 2 aliphatic rings. The van der Waals surface area contributed by atoms with Crippen LogP contribution in [-0.4, -0.2) is 37.9 Å². The lowest BCUT2D eigenvalue weighted by atomic mass is 9.92. The van der Waals surface area contributed by atoms with Crippen molar-refractivity contribution in [3.63, 3.8) is 0 Å². The number of nitrogens with zero attached hydrogens (tertiary/aromatic N) is 2. The van der Waals surface area contributed by atoms with E-state index in [-0.39, 0.29) is 10.8 Å². The number of piperidine rings is 1. The molecule has 1 aliphatic heterocycles. The highest BCUT2D eigenvalue weighted by Crippen LogP contribution is 2.54. The van der Waals surface area contributed by atoms with Crippen molar-refractivity contribution < 1.29 is 17.6 Å². The summed E-state index contributed by atoms with van der Waals surface area (Å²) in [5.74, 6) is 0.206. The highest BCUT2D eigenvalue weighted by atomic mass is 32.2. The highest BCUT2D eigenvalue weighted by Gasteiger charge is 2.44. The third kappa shape index (κ3) is 5.32. The lowest BCUT2D eigenvalue weighted by Gasteiger charge is -2.35. The Morgan fingerprint density at radius 2 is 1.81 bits per heavy atom. The fraction of sp³-hybridized carbons (Fsp3) is 0.407. The van der Waals surface area contributed by atoms with E-state index in [2.05, 4.69) is 19.9 Å². The molecule has 2 heterocycles. The van der Waals surface area contributed by atoms with Crippen LogP contribution in [0.5, 0.6) is 0 Å². The lowest BCUT2D eigenvalue weighted by Crippen LogP contribution is -2.40. The van der Waals surface area contributed by atoms with Gasteiger partial charge in [-0.1, -0.05) is 6.07 Å². The van der Waals surface area contributed by atoms with E-state index in [0.717, 1.165) is 37.2 Å². The topological polar surface area (TPSA) is 105 Å². The number of sulfonamides is 1. The van der Waals surface area contributed by atoms with Crippen LogP contribution in [0.2, 0.25) is 0 Å². The molecule has 1 aromatic heterocycles. The maximum Gasteiger partial charge on any atom is 0.257 e. The van der Waals surface area contributed by atoms with Gasteiger partial charge in [0.15, 0.2) is 0 Å². The van der Waals surface area contributed by atoms with Crippen LogP contribution in [0.25, 0.3) is 11.5 Å². The van der Waals surface area contributed by atoms with Gasteiger partial charge in [0.2, 0.25) is 15.9 Å². The van der Waals surface area contributed by atoms with Crippen LogP contribution in [0, 0.1) is 5.41 Å². The van der Waals surface area contributed by atoms with Crippen molar-refractivity contribution in [1.82, 2.24) is 9.71 Å². The maximum absolute atomic E-state index is 13.5. The van der Waals surface area contributed by atoms with Gasteiger partial charge in [-0.15, -0.1) is 0 Å². The van der Waals surface area contributed by atoms with E-state index in [0.29, 0.717) is 22.6 Å². The minimum absolute atomic E-state index is 0.0976. The summed E-state index contributed by atoms with van der Waals surface area (Å²) in [5, 5.41) is 2.90. The Balaban J connectivity index is 1.42. The largest absolute Gasteiger partial charge is 0.445 e. The van der Waals surface area contributed by atoms with E-state index >= 15 is 0 Å². The Hall–Kier alpha value is -3.17. The Bertz CT molecular complexity index is 1360. The van der Waals surface area contributed by atoms with Crippen LogP contribution >= 0.6 is 0 Å². The number of benzene rings is 2. The number of hydrogen-bond donors (Lipinski definition) is 2. The third-order valence-corrected chi connectivity index (χ3v) is 8.64. The molecule has 0 bridgehead atoms. The van der Waals surface area contributed by atoms with Crippen molar-refractivity contribution >= 4 is 27.3 Å². The van der Waals surface area contributed by atoms with E-state index < -0.39 is 15.6 Å². The van der Waals surface area contributed by atoms with E-state index in [1.165, 1.54) is 31.2 Å². The number of rotatable bonds is 6. The van der Waals surface area contributed by atoms with E-state index in [9.17, 15) is 13.2 Å². The number of oxazole rings is 1. The molecule has 1 amide bonds. The Labute approximate surface area is 212 Å². The van der Waals surface area contributed by atoms with Crippen molar-refractivity contribution in [3.8, 4) is 11.5 Å². The Kier molecular flexibility index (Phi) is 6.16. The van der Waals surface area contributed by atoms with Crippen LogP contribution in [0.4, 0.5) is 11.4 Å². The van der Waals surface area contributed by atoms with Crippen LogP contribution in [0.1, 0.15) is 56.8 Å².